The predicted octanol–water partition coefficient (Wildman–Crippen LogP) is 4.11. The van der Waals surface area contributed by atoms with Crippen molar-refractivity contribution >= 4 is 15.8 Å². The molecule has 0 N–H and O–H groups in total. The lowest BCUT2D eigenvalue weighted by atomic mass is 9.88. The van der Waals surface area contributed by atoms with Gasteiger partial charge < -0.3 is 9.47 Å². The number of hydrogen-bond acceptors (Lipinski definition) is 6. The Morgan fingerprint density at radius 1 is 0.943 bits per heavy atom. The molecule has 35 heavy (non-hydrogen) atoms. The summed E-state index contributed by atoms with van der Waals surface area (Å²) >= 11 is 0. The van der Waals surface area contributed by atoms with Crippen molar-refractivity contribution in [1.29, 1.82) is 0 Å². The van der Waals surface area contributed by atoms with Gasteiger partial charge in [-0.1, -0.05) is 24.3 Å². The van der Waals surface area contributed by atoms with E-state index in [0.29, 0.717) is 40.9 Å². The number of Topliss-reactive ketones (excluding diaryl/α,β-unsaturated/α-hetero) is 1. The summed E-state index contributed by atoms with van der Waals surface area (Å²) in [7, 11) is -3.45. The summed E-state index contributed by atoms with van der Waals surface area (Å²) in [6.07, 6.45) is 3.69. The SMILES string of the molecule is O=C(Cc1cccc(-c2ccc(S(=O)(=O)N3CCCC3)cc2)n1)C1(c2ccc3c(c2)OCO3)CC1. The Hall–Kier alpha value is -3.23. The first-order valence-electron chi connectivity index (χ1n) is 12.0. The average Bonchev–Trinajstić information content (AvgIpc) is 3.27. The Kier molecular flexibility index (Phi) is 5.38. The third kappa shape index (κ3) is 4.00. The monoisotopic (exact) mass is 490 g/mol. The van der Waals surface area contributed by atoms with Crippen molar-refractivity contribution in [1.82, 2.24) is 9.29 Å². The Balaban J connectivity index is 1.20. The molecule has 2 aromatic carbocycles. The first-order valence-corrected chi connectivity index (χ1v) is 13.4. The zero-order valence-electron chi connectivity index (χ0n) is 19.3. The van der Waals surface area contributed by atoms with Crippen molar-refractivity contribution in [2.45, 2.75) is 42.4 Å². The molecule has 0 atom stereocenters. The quantitative estimate of drug-likeness (QED) is 0.496. The number of hydrogen-bond donors (Lipinski definition) is 0. The maximum Gasteiger partial charge on any atom is 0.243 e. The van der Waals surface area contributed by atoms with Gasteiger partial charge in [-0.3, -0.25) is 9.78 Å². The molecule has 1 aromatic heterocycles. The molecule has 3 heterocycles. The molecule has 8 heteroatoms. The number of ether oxygens (including phenoxy) is 2. The van der Waals surface area contributed by atoms with Crippen LogP contribution in [0.25, 0.3) is 11.3 Å². The van der Waals surface area contributed by atoms with Crippen LogP contribution < -0.4 is 9.47 Å². The number of fused-ring (bicyclic) bond motifs is 1. The van der Waals surface area contributed by atoms with Crippen molar-refractivity contribution in [3.05, 3.63) is 71.9 Å². The number of sulfonamides is 1. The zero-order chi connectivity index (χ0) is 24.0. The van der Waals surface area contributed by atoms with Gasteiger partial charge in [-0.05, 0) is 67.6 Å². The van der Waals surface area contributed by atoms with Crippen molar-refractivity contribution in [3.8, 4) is 22.8 Å². The van der Waals surface area contributed by atoms with Crippen LogP contribution in [-0.4, -0.2) is 43.4 Å². The number of pyridine rings is 1. The molecule has 1 saturated carbocycles. The van der Waals surface area contributed by atoms with E-state index < -0.39 is 15.4 Å². The highest BCUT2D eigenvalue weighted by atomic mass is 32.2. The fourth-order valence-corrected chi connectivity index (χ4v) is 6.51. The molecular formula is C27H26N2O5S. The number of aromatic nitrogens is 1. The maximum absolute atomic E-state index is 13.3. The van der Waals surface area contributed by atoms with Gasteiger partial charge in [-0.25, -0.2) is 8.42 Å². The van der Waals surface area contributed by atoms with E-state index in [4.69, 9.17) is 14.5 Å². The van der Waals surface area contributed by atoms with Gasteiger partial charge in [0.05, 0.1) is 16.0 Å². The van der Waals surface area contributed by atoms with Gasteiger partial charge in [0.2, 0.25) is 16.8 Å². The van der Waals surface area contributed by atoms with E-state index >= 15 is 0 Å². The van der Waals surface area contributed by atoms with Crippen LogP contribution in [0, 0.1) is 0 Å². The van der Waals surface area contributed by atoms with E-state index in [9.17, 15) is 13.2 Å². The molecule has 3 aliphatic rings. The van der Waals surface area contributed by atoms with Crippen molar-refractivity contribution in [3.63, 3.8) is 0 Å². The van der Waals surface area contributed by atoms with Crippen LogP contribution in [0.4, 0.5) is 0 Å². The molecule has 180 valence electrons. The minimum Gasteiger partial charge on any atom is -0.454 e. The molecule has 0 unspecified atom stereocenters. The third-order valence-corrected chi connectivity index (χ3v) is 9.12. The van der Waals surface area contributed by atoms with Crippen LogP contribution in [0.5, 0.6) is 11.5 Å². The predicted molar refractivity (Wildman–Crippen MR) is 130 cm³/mol. The van der Waals surface area contributed by atoms with Gasteiger partial charge in [0.1, 0.15) is 5.78 Å². The minimum absolute atomic E-state index is 0.146. The second kappa shape index (κ2) is 8.46. The van der Waals surface area contributed by atoms with Crippen LogP contribution in [0.1, 0.15) is 36.9 Å². The lowest BCUT2D eigenvalue weighted by molar-refractivity contribution is -0.120. The summed E-state index contributed by atoms with van der Waals surface area (Å²) in [5.74, 6) is 1.55. The standard InChI is InChI=1S/C27H26N2O5S/c30-26(27(12-13-27)20-8-11-24-25(16-20)34-18-33-24)17-21-4-3-5-23(28-21)19-6-9-22(10-7-19)35(31,32)29-14-1-2-15-29/h3-11,16H,1-2,12-15,17-18H2. The van der Waals surface area contributed by atoms with Crippen LogP contribution >= 0.6 is 0 Å². The van der Waals surface area contributed by atoms with E-state index in [2.05, 4.69) is 0 Å². The smallest absolute Gasteiger partial charge is 0.243 e. The van der Waals surface area contributed by atoms with E-state index in [0.717, 1.165) is 36.8 Å². The van der Waals surface area contributed by atoms with Gasteiger partial charge in [-0.15, -0.1) is 0 Å². The first-order chi connectivity index (χ1) is 17.0. The third-order valence-electron chi connectivity index (χ3n) is 7.21. The summed E-state index contributed by atoms with van der Waals surface area (Å²) in [6, 6.07) is 18.2. The number of nitrogens with zero attached hydrogens (tertiary/aromatic N) is 2. The minimum atomic E-state index is -3.45. The highest BCUT2D eigenvalue weighted by molar-refractivity contribution is 7.89. The molecule has 0 radical (unpaired) electrons. The Morgan fingerprint density at radius 3 is 2.43 bits per heavy atom. The highest BCUT2D eigenvalue weighted by Crippen LogP contribution is 2.51. The van der Waals surface area contributed by atoms with E-state index in [1.807, 2.05) is 36.4 Å². The molecule has 6 rings (SSSR count). The highest BCUT2D eigenvalue weighted by Gasteiger charge is 2.51. The van der Waals surface area contributed by atoms with Crippen LogP contribution in [0.3, 0.4) is 0 Å². The second-order valence-electron chi connectivity index (χ2n) is 9.40. The fraction of sp³-hybridized carbons (Fsp3) is 0.333. The molecular weight excluding hydrogens is 464 g/mol. The van der Waals surface area contributed by atoms with Crippen LogP contribution in [0.2, 0.25) is 0 Å². The van der Waals surface area contributed by atoms with Gasteiger partial charge in [-0.2, -0.15) is 4.31 Å². The summed E-state index contributed by atoms with van der Waals surface area (Å²) in [5, 5.41) is 0. The molecule has 3 aromatic rings. The van der Waals surface area contributed by atoms with Crippen LogP contribution in [0.15, 0.2) is 65.6 Å². The van der Waals surface area contributed by atoms with Crippen molar-refractivity contribution in [2.24, 2.45) is 0 Å². The van der Waals surface area contributed by atoms with E-state index in [-0.39, 0.29) is 19.0 Å². The zero-order valence-corrected chi connectivity index (χ0v) is 20.1. The van der Waals surface area contributed by atoms with Gasteiger partial charge in [0.15, 0.2) is 11.5 Å². The number of carbonyl (C=O) groups is 1. The van der Waals surface area contributed by atoms with E-state index in [1.54, 1.807) is 28.6 Å². The Bertz CT molecular complexity index is 1390. The Labute approximate surface area is 204 Å². The maximum atomic E-state index is 13.3. The fourth-order valence-electron chi connectivity index (χ4n) is 5.00. The molecule has 0 bridgehead atoms. The normalized spacial score (nSPS) is 18.5. The summed E-state index contributed by atoms with van der Waals surface area (Å²) in [4.78, 5) is 18.4. The topological polar surface area (TPSA) is 85.8 Å². The summed E-state index contributed by atoms with van der Waals surface area (Å²) < 4.78 is 38.0. The summed E-state index contributed by atoms with van der Waals surface area (Å²) in [5.41, 5.74) is 2.72. The summed E-state index contributed by atoms with van der Waals surface area (Å²) in [6.45, 7) is 1.37. The van der Waals surface area contributed by atoms with Crippen molar-refractivity contribution in [2.75, 3.05) is 19.9 Å². The lowest BCUT2D eigenvalue weighted by Gasteiger charge is -2.16. The second-order valence-corrected chi connectivity index (χ2v) is 11.3. The van der Waals surface area contributed by atoms with Crippen LogP contribution in [-0.2, 0) is 26.7 Å². The molecule has 0 amide bonds. The molecule has 7 nitrogen and oxygen atoms in total. The first kappa shape index (κ1) is 22.2. The number of rotatable bonds is 7. The number of carbonyl (C=O) groups excluding carboxylic acids is 1. The Morgan fingerprint density at radius 2 is 1.69 bits per heavy atom. The van der Waals surface area contributed by atoms with Gasteiger partial charge in [0.25, 0.3) is 0 Å². The number of benzene rings is 2. The molecule has 0 spiro atoms. The molecule has 1 aliphatic carbocycles. The molecule has 2 fully saturated rings. The largest absolute Gasteiger partial charge is 0.454 e. The number of ketones is 1. The molecule has 1 saturated heterocycles. The lowest BCUT2D eigenvalue weighted by Crippen LogP contribution is -2.27. The molecule has 2 aliphatic heterocycles. The van der Waals surface area contributed by atoms with Gasteiger partial charge >= 0.3 is 0 Å². The van der Waals surface area contributed by atoms with Crippen molar-refractivity contribution < 1.29 is 22.7 Å². The van der Waals surface area contributed by atoms with Gasteiger partial charge in [0, 0.05) is 30.8 Å². The average molecular weight is 491 g/mol. The van der Waals surface area contributed by atoms with E-state index in [1.165, 1.54) is 0 Å².